The SMILES string of the molecule is CCC1CCN(CC(C#N)(NC2CC2)c2ccccc2)C1. The van der Waals surface area contributed by atoms with E-state index in [1.54, 1.807) is 0 Å². The molecule has 1 saturated carbocycles. The molecule has 1 aliphatic heterocycles. The van der Waals surface area contributed by atoms with E-state index in [0.29, 0.717) is 6.04 Å². The van der Waals surface area contributed by atoms with Crippen LogP contribution < -0.4 is 5.32 Å². The molecule has 0 bridgehead atoms. The Kier molecular flexibility index (Phi) is 4.28. The molecule has 1 N–H and O–H groups in total. The van der Waals surface area contributed by atoms with Crippen molar-refractivity contribution in [3.05, 3.63) is 35.9 Å². The highest BCUT2D eigenvalue weighted by Gasteiger charge is 2.40. The second-order valence-corrected chi connectivity index (χ2v) is 6.60. The third kappa shape index (κ3) is 3.28. The molecule has 0 amide bonds. The van der Waals surface area contributed by atoms with Gasteiger partial charge >= 0.3 is 0 Å². The van der Waals surface area contributed by atoms with Gasteiger partial charge in [-0.1, -0.05) is 43.7 Å². The smallest absolute Gasteiger partial charge is 0.145 e. The lowest BCUT2D eigenvalue weighted by Crippen LogP contribution is -2.50. The number of rotatable bonds is 6. The predicted octanol–water partition coefficient (Wildman–Crippen LogP) is 2.89. The number of nitrogens with zero attached hydrogens (tertiary/aromatic N) is 2. The molecule has 3 heteroatoms. The monoisotopic (exact) mass is 283 g/mol. The third-order valence-corrected chi connectivity index (χ3v) is 4.89. The summed E-state index contributed by atoms with van der Waals surface area (Å²) in [6.07, 6.45) is 4.93. The van der Waals surface area contributed by atoms with Gasteiger partial charge in [0, 0.05) is 19.1 Å². The van der Waals surface area contributed by atoms with E-state index >= 15 is 0 Å². The van der Waals surface area contributed by atoms with Gasteiger partial charge in [-0.3, -0.25) is 10.2 Å². The molecule has 1 saturated heterocycles. The zero-order valence-corrected chi connectivity index (χ0v) is 12.9. The Morgan fingerprint density at radius 2 is 2.05 bits per heavy atom. The van der Waals surface area contributed by atoms with Crippen molar-refractivity contribution in [2.24, 2.45) is 5.92 Å². The topological polar surface area (TPSA) is 39.1 Å². The summed E-state index contributed by atoms with van der Waals surface area (Å²) in [6.45, 7) is 5.34. The van der Waals surface area contributed by atoms with Crippen LogP contribution in [0.15, 0.2) is 30.3 Å². The van der Waals surface area contributed by atoms with Gasteiger partial charge < -0.3 is 0 Å². The second kappa shape index (κ2) is 6.17. The Morgan fingerprint density at radius 3 is 2.62 bits per heavy atom. The van der Waals surface area contributed by atoms with Crippen molar-refractivity contribution < 1.29 is 0 Å². The van der Waals surface area contributed by atoms with Crippen LogP contribution in [0.5, 0.6) is 0 Å². The molecular formula is C18H25N3. The van der Waals surface area contributed by atoms with Crippen LogP contribution in [0, 0.1) is 17.2 Å². The molecule has 1 aromatic rings. The molecule has 0 aromatic heterocycles. The molecule has 1 aliphatic carbocycles. The molecule has 2 aliphatic rings. The van der Waals surface area contributed by atoms with E-state index in [1.807, 2.05) is 18.2 Å². The summed E-state index contributed by atoms with van der Waals surface area (Å²) < 4.78 is 0. The molecule has 3 nitrogen and oxygen atoms in total. The number of hydrogen-bond donors (Lipinski definition) is 1. The van der Waals surface area contributed by atoms with Gasteiger partial charge in [-0.15, -0.1) is 0 Å². The molecule has 2 atom stereocenters. The first-order valence-corrected chi connectivity index (χ1v) is 8.22. The van der Waals surface area contributed by atoms with Gasteiger partial charge in [0.25, 0.3) is 0 Å². The van der Waals surface area contributed by atoms with Gasteiger partial charge in [-0.2, -0.15) is 5.26 Å². The number of hydrogen-bond acceptors (Lipinski definition) is 3. The maximum atomic E-state index is 9.95. The van der Waals surface area contributed by atoms with Crippen molar-refractivity contribution in [2.75, 3.05) is 19.6 Å². The fourth-order valence-electron chi connectivity index (χ4n) is 3.38. The molecule has 21 heavy (non-hydrogen) atoms. The predicted molar refractivity (Wildman–Crippen MR) is 84.7 cm³/mol. The summed E-state index contributed by atoms with van der Waals surface area (Å²) in [6, 6.07) is 13.4. The highest BCUT2D eigenvalue weighted by Crippen LogP contribution is 2.31. The van der Waals surface area contributed by atoms with E-state index in [9.17, 15) is 5.26 Å². The Balaban J connectivity index is 1.80. The van der Waals surface area contributed by atoms with Crippen molar-refractivity contribution in [2.45, 2.75) is 44.2 Å². The first-order valence-electron chi connectivity index (χ1n) is 8.22. The lowest BCUT2D eigenvalue weighted by atomic mass is 9.90. The first kappa shape index (κ1) is 14.6. The summed E-state index contributed by atoms with van der Waals surface area (Å²) in [5.74, 6) is 0.804. The van der Waals surface area contributed by atoms with Crippen molar-refractivity contribution in [1.82, 2.24) is 10.2 Å². The average Bonchev–Trinajstić information content (AvgIpc) is 3.23. The molecule has 0 spiro atoms. The minimum atomic E-state index is -0.551. The van der Waals surface area contributed by atoms with Crippen molar-refractivity contribution >= 4 is 0 Å². The second-order valence-electron chi connectivity index (χ2n) is 6.60. The van der Waals surface area contributed by atoms with Gasteiger partial charge in [-0.05, 0) is 37.3 Å². The molecule has 2 fully saturated rings. The van der Waals surface area contributed by atoms with E-state index in [4.69, 9.17) is 0 Å². The van der Waals surface area contributed by atoms with E-state index in [0.717, 1.165) is 31.1 Å². The Morgan fingerprint density at radius 1 is 1.29 bits per heavy atom. The normalized spacial score (nSPS) is 25.4. The molecular weight excluding hydrogens is 258 g/mol. The molecule has 112 valence electrons. The molecule has 0 radical (unpaired) electrons. The fraction of sp³-hybridized carbons (Fsp3) is 0.611. The maximum Gasteiger partial charge on any atom is 0.145 e. The minimum absolute atomic E-state index is 0.523. The van der Waals surface area contributed by atoms with Crippen LogP contribution in [0.2, 0.25) is 0 Å². The highest BCUT2D eigenvalue weighted by molar-refractivity contribution is 5.33. The van der Waals surface area contributed by atoms with Crippen molar-refractivity contribution in [1.29, 1.82) is 5.26 Å². The van der Waals surface area contributed by atoms with Gasteiger partial charge in [0.05, 0.1) is 6.07 Å². The standard InChI is InChI=1S/C18H25N3/c1-2-15-10-11-21(12-15)14-18(13-19,20-17-8-9-17)16-6-4-3-5-7-16/h3-7,15,17,20H,2,8-12,14H2,1H3. The lowest BCUT2D eigenvalue weighted by molar-refractivity contribution is 0.240. The van der Waals surface area contributed by atoms with Crippen molar-refractivity contribution in [3.63, 3.8) is 0 Å². The first-order chi connectivity index (χ1) is 10.3. The van der Waals surface area contributed by atoms with Crippen LogP contribution in [0.4, 0.5) is 0 Å². The highest BCUT2D eigenvalue weighted by atomic mass is 15.2. The third-order valence-electron chi connectivity index (χ3n) is 4.89. The van der Waals surface area contributed by atoms with Gasteiger partial charge in [0.15, 0.2) is 0 Å². The van der Waals surface area contributed by atoms with Crippen LogP contribution in [0.3, 0.4) is 0 Å². The number of nitrogens with one attached hydrogen (secondary N) is 1. The van der Waals surface area contributed by atoms with E-state index in [-0.39, 0.29) is 0 Å². The summed E-state index contributed by atoms with van der Waals surface area (Å²) >= 11 is 0. The molecule has 3 rings (SSSR count). The average molecular weight is 283 g/mol. The van der Waals surface area contributed by atoms with Crippen LogP contribution in [0.1, 0.15) is 38.2 Å². The lowest BCUT2D eigenvalue weighted by Gasteiger charge is -2.33. The van der Waals surface area contributed by atoms with E-state index in [2.05, 4.69) is 35.3 Å². The van der Waals surface area contributed by atoms with Crippen LogP contribution >= 0.6 is 0 Å². The zero-order chi connectivity index (χ0) is 14.7. The summed E-state index contributed by atoms with van der Waals surface area (Å²) in [5, 5.41) is 13.6. The largest absolute Gasteiger partial charge is 0.300 e. The number of benzene rings is 1. The van der Waals surface area contributed by atoms with Gasteiger partial charge in [0.2, 0.25) is 0 Å². The number of likely N-dealkylation sites (tertiary alicyclic amines) is 1. The molecule has 1 aromatic carbocycles. The summed E-state index contributed by atoms with van der Waals surface area (Å²) in [4.78, 5) is 2.47. The maximum absolute atomic E-state index is 9.95. The number of nitriles is 1. The Labute approximate surface area is 128 Å². The minimum Gasteiger partial charge on any atom is -0.300 e. The fourth-order valence-corrected chi connectivity index (χ4v) is 3.38. The van der Waals surface area contributed by atoms with E-state index < -0.39 is 5.54 Å². The van der Waals surface area contributed by atoms with E-state index in [1.165, 1.54) is 25.7 Å². The van der Waals surface area contributed by atoms with Crippen LogP contribution in [-0.2, 0) is 5.54 Å². The summed E-state index contributed by atoms with van der Waals surface area (Å²) in [7, 11) is 0. The van der Waals surface area contributed by atoms with Gasteiger partial charge in [0.1, 0.15) is 5.54 Å². The molecule has 1 heterocycles. The van der Waals surface area contributed by atoms with Crippen LogP contribution in [-0.4, -0.2) is 30.6 Å². The van der Waals surface area contributed by atoms with Crippen LogP contribution in [0.25, 0.3) is 0 Å². The quantitative estimate of drug-likeness (QED) is 0.872. The van der Waals surface area contributed by atoms with Crippen molar-refractivity contribution in [3.8, 4) is 6.07 Å². The Hall–Kier alpha value is -1.37. The summed E-state index contributed by atoms with van der Waals surface area (Å²) in [5.41, 5.74) is 0.560. The van der Waals surface area contributed by atoms with Gasteiger partial charge in [-0.25, -0.2) is 0 Å². The molecule has 2 unspecified atom stereocenters. The zero-order valence-electron chi connectivity index (χ0n) is 12.9. The Bertz CT molecular complexity index is 503.